The molecule has 2 fully saturated rings. The van der Waals surface area contributed by atoms with E-state index in [1.807, 2.05) is 36.9 Å². The smallest absolute Gasteiger partial charge is 0.318 e. The first-order valence-electron chi connectivity index (χ1n) is 12.3. The first kappa shape index (κ1) is 26.4. The summed E-state index contributed by atoms with van der Waals surface area (Å²) in [6.07, 6.45) is 1.91. The van der Waals surface area contributed by atoms with Gasteiger partial charge < -0.3 is 20.7 Å². The molecule has 190 valence electrons. The van der Waals surface area contributed by atoms with Gasteiger partial charge in [-0.3, -0.25) is 15.0 Å². The molecule has 2 aliphatic heterocycles. The maximum atomic E-state index is 13.4. The fourth-order valence-electron chi connectivity index (χ4n) is 4.44. The van der Waals surface area contributed by atoms with Crippen LogP contribution in [-0.2, 0) is 16.0 Å². The number of primary amides is 1. The Labute approximate surface area is 207 Å². The molecule has 0 saturated carbocycles. The lowest BCUT2D eigenvalue weighted by molar-refractivity contribution is -0.123. The number of guanidine groups is 1. The highest BCUT2D eigenvalue weighted by atomic mass is 16.5. The van der Waals surface area contributed by atoms with Gasteiger partial charge in [-0.2, -0.15) is 5.26 Å². The van der Waals surface area contributed by atoms with Crippen LogP contribution in [-0.4, -0.2) is 85.2 Å². The molecule has 0 spiro atoms. The number of carbonyl (C=O) groups excluding carboxylic acids is 2. The molecular weight excluding hydrogens is 446 g/mol. The van der Waals surface area contributed by atoms with Crippen LogP contribution in [0.3, 0.4) is 0 Å². The molecule has 10 nitrogen and oxygen atoms in total. The van der Waals surface area contributed by atoms with Gasteiger partial charge in [0.1, 0.15) is 11.6 Å². The Bertz CT molecular complexity index is 925. The van der Waals surface area contributed by atoms with Crippen molar-refractivity contribution in [2.45, 2.75) is 44.7 Å². The second kappa shape index (κ2) is 12.5. The lowest BCUT2D eigenvalue weighted by Crippen LogP contribution is -2.54. The van der Waals surface area contributed by atoms with Crippen molar-refractivity contribution in [3.05, 3.63) is 35.9 Å². The van der Waals surface area contributed by atoms with E-state index < -0.39 is 17.6 Å². The zero-order valence-electron chi connectivity index (χ0n) is 20.7. The van der Waals surface area contributed by atoms with Crippen molar-refractivity contribution in [1.29, 1.82) is 5.26 Å². The molecule has 0 radical (unpaired) electrons. The summed E-state index contributed by atoms with van der Waals surface area (Å²) in [6, 6.07) is 11.1. The normalized spacial score (nSPS) is 22.0. The zero-order valence-corrected chi connectivity index (χ0v) is 20.7. The average Bonchev–Trinajstić information content (AvgIpc) is 3.25. The summed E-state index contributed by atoms with van der Waals surface area (Å²) in [5.41, 5.74) is 5.66. The molecule has 10 heteroatoms. The van der Waals surface area contributed by atoms with Crippen LogP contribution in [0.25, 0.3) is 0 Å². The van der Waals surface area contributed by atoms with Gasteiger partial charge in [0.2, 0.25) is 11.9 Å². The minimum absolute atomic E-state index is 0.179. The number of nitrogens with one attached hydrogen (secondary N) is 2. The lowest BCUT2D eigenvalue weighted by atomic mass is 9.98. The van der Waals surface area contributed by atoms with Gasteiger partial charge in [-0.15, -0.1) is 0 Å². The number of urea groups is 1. The Kier molecular flexibility index (Phi) is 9.46. The molecule has 3 rings (SSSR count). The third-order valence-electron chi connectivity index (χ3n) is 6.31. The number of carbonyl (C=O) groups is 2. The van der Waals surface area contributed by atoms with Crippen LogP contribution in [0.15, 0.2) is 35.3 Å². The molecule has 1 aromatic carbocycles. The van der Waals surface area contributed by atoms with Crippen molar-refractivity contribution < 1.29 is 14.3 Å². The van der Waals surface area contributed by atoms with Gasteiger partial charge in [-0.25, -0.2) is 9.79 Å². The number of aliphatic imine (C=N–C) groups is 1. The van der Waals surface area contributed by atoms with Gasteiger partial charge in [0.25, 0.3) is 0 Å². The van der Waals surface area contributed by atoms with E-state index in [2.05, 4.69) is 38.7 Å². The summed E-state index contributed by atoms with van der Waals surface area (Å²) in [4.78, 5) is 33.7. The Morgan fingerprint density at radius 2 is 1.94 bits per heavy atom. The number of morpholine rings is 1. The Morgan fingerprint density at radius 3 is 2.57 bits per heavy atom. The number of nitriles is 1. The summed E-state index contributed by atoms with van der Waals surface area (Å²) in [6.45, 7) is 8.10. The number of benzene rings is 1. The van der Waals surface area contributed by atoms with Crippen LogP contribution >= 0.6 is 0 Å². The van der Waals surface area contributed by atoms with Crippen LogP contribution in [0, 0.1) is 17.2 Å². The van der Waals surface area contributed by atoms with Crippen LogP contribution in [0.1, 0.15) is 32.3 Å². The quantitative estimate of drug-likeness (QED) is 0.374. The summed E-state index contributed by atoms with van der Waals surface area (Å²) in [5.74, 6) is 0.128. The van der Waals surface area contributed by atoms with Crippen LogP contribution in [0.2, 0.25) is 0 Å². The fourth-order valence-corrected chi connectivity index (χ4v) is 4.44. The Hall–Kier alpha value is -3.16. The van der Waals surface area contributed by atoms with Crippen molar-refractivity contribution in [3.8, 4) is 6.07 Å². The van der Waals surface area contributed by atoms with Crippen molar-refractivity contribution >= 4 is 17.9 Å². The summed E-state index contributed by atoms with van der Waals surface area (Å²) in [7, 11) is 0. The number of rotatable bonds is 8. The second-order valence-corrected chi connectivity index (χ2v) is 9.63. The number of amides is 3. The minimum atomic E-state index is -0.964. The monoisotopic (exact) mass is 483 g/mol. The van der Waals surface area contributed by atoms with Crippen LogP contribution < -0.4 is 16.4 Å². The van der Waals surface area contributed by atoms with E-state index in [4.69, 9.17) is 10.5 Å². The number of ether oxygens (including phenoxy) is 1. The molecule has 4 N–H and O–H groups in total. The van der Waals surface area contributed by atoms with E-state index in [-0.39, 0.29) is 17.8 Å². The van der Waals surface area contributed by atoms with Crippen LogP contribution in [0.4, 0.5) is 4.79 Å². The number of nitrogens with zero attached hydrogens (tertiary/aromatic N) is 4. The molecule has 1 aromatic rings. The largest absolute Gasteiger partial charge is 0.378 e. The van der Waals surface area contributed by atoms with Gasteiger partial charge in [-0.1, -0.05) is 44.2 Å². The fraction of sp³-hybridized carbons (Fsp3) is 0.600. The summed E-state index contributed by atoms with van der Waals surface area (Å²) in [5, 5.41) is 15.6. The number of hydrogen-bond donors (Lipinski definition) is 3. The van der Waals surface area contributed by atoms with Gasteiger partial charge in [-0.05, 0) is 30.7 Å². The van der Waals surface area contributed by atoms with E-state index in [0.29, 0.717) is 45.7 Å². The summed E-state index contributed by atoms with van der Waals surface area (Å²) < 4.78 is 5.39. The third-order valence-corrected chi connectivity index (χ3v) is 6.31. The predicted octanol–water partition coefficient (Wildman–Crippen LogP) is 1.08. The number of nitrogens with two attached hydrogens (primary N) is 1. The van der Waals surface area contributed by atoms with Gasteiger partial charge >= 0.3 is 6.03 Å². The molecule has 0 aliphatic carbocycles. The van der Waals surface area contributed by atoms with Crippen molar-refractivity contribution in [1.82, 2.24) is 20.4 Å². The Balaban J connectivity index is 1.70. The molecule has 3 amide bonds. The topological polar surface area (TPSA) is 136 Å². The average molecular weight is 484 g/mol. The predicted molar refractivity (Wildman–Crippen MR) is 133 cm³/mol. The van der Waals surface area contributed by atoms with Gasteiger partial charge in [0.05, 0.1) is 19.3 Å². The van der Waals surface area contributed by atoms with Crippen molar-refractivity contribution in [2.75, 3.05) is 45.9 Å². The molecular formula is C25H37N7O3. The van der Waals surface area contributed by atoms with E-state index in [0.717, 1.165) is 19.5 Å². The molecule has 2 aliphatic rings. The minimum Gasteiger partial charge on any atom is -0.378 e. The molecule has 2 saturated heterocycles. The highest BCUT2D eigenvalue weighted by molar-refractivity contribution is 5.97. The van der Waals surface area contributed by atoms with E-state index in [1.165, 1.54) is 5.56 Å². The molecule has 2 unspecified atom stereocenters. The Morgan fingerprint density at radius 1 is 1.23 bits per heavy atom. The molecule has 2 heterocycles. The number of likely N-dealkylation sites (tertiary alicyclic amines) is 1. The van der Waals surface area contributed by atoms with Crippen LogP contribution in [0.5, 0.6) is 0 Å². The zero-order chi connectivity index (χ0) is 25.3. The number of hydrogen-bond acceptors (Lipinski definition) is 6. The van der Waals surface area contributed by atoms with E-state index >= 15 is 0 Å². The highest BCUT2D eigenvalue weighted by Gasteiger charge is 2.41. The molecule has 2 atom stereocenters. The van der Waals surface area contributed by atoms with Crippen molar-refractivity contribution in [3.63, 3.8) is 0 Å². The van der Waals surface area contributed by atoms with E-state index in [9.17, 15) is 14.9 Å². The standard InChI is InChI=1S/C25H37N7O3/c1-19(2)16-21(28-24(29-23(27)34)32-12-14-35-15-13-32)22(33)30-25(17-26)9-11-31(18-25)10-8-20-6-4-3-5-7-20/h3-7,19,21H,8-16,18H2,1-2H3,(H,30,33)(H3,27,28,29,34). The summed E-state index contributed by atoms with van der Waals surface area (Å²) >= 11 is 0. The third kappa shape index (κ3) is 7.94. The van der Waals surface area contributed by atoms with Gasteiger partial charge in [0, 0.05) is 32.7 Å². The molecule has 35 heavy (non-hydrogen) atoms. The second-order valence-electron chi connectivity index (χ2n) is 9.63. The first-order valence-corrected chi connectivity index (χ1v) is 12.3. The molecule has 0 aromatic heterocycles. The highest BCUT2D eigenvalue weighted by Crippen LogP contribution is 2.22. The van der Waals surface area contributed by atoms with E-state index in [1.54, 1.807) is 0 Å². The van der Waals surface area contributed by atoms with Gasteiger partial charge in [0.15, 0.2) is 0 Å². The first-order chi connectivity index (χ1) is 16.8. The lowest BCUT2D eigenvalue weighted by Gasteiger charge is -2.31. The maximum absolute atomic E-state index is 13.4. The molecule has 0 bridgehead atoms. The SMILES string of the molecule is CC(C)CC(N=C(NC(N)=O)N1CCOCC1)C(=O)NC1(C#N)CCN(CCc2ccccc2)C1. The maximum Gasteiger partial charge on any atom is 0.318 e. The van der Waals surface area contributed by atoms with Crippen molar-refractivity contribution in [2.24, 2.45) is 16.6 Å².